The molecule has 0 heterocycles. The van der Waals surface area contributed by atoms with Gasteiger partial charge in [0.1, 0.15) is 0 Å². The summed E-state index contributed by atoms with van der Waals surface area (Å²) < 4.78 is 0. The molecular formula is C13H11N. The summed E-state index contributed by atoms with van der Waals surface area (Å²) in [4.78, 5) is 0. The van der Waals surface area contributed by atoms with Gasteiger partial charge in [0, 0.05) is 0 Å². The van der Waals surface area contributed by atoms with Crippen LogP contribution in [0, 0.1) is 11.3 Å². The van der Waals surface area contributed by atoms with Crippen LogP contribution in [0.25, 0.3) is 0 Å². The van der Waals surface area contributed by atoms with Crippen molar-refractivity contribution in [3.8, 4) is 6.07 Å². The number of nitrogens with zero attached hydrogens (tertiary/aromatic N) is 1. The van der Waals surface area contributed by atoms with Gasteiger partial charge in [-0.2, -0.15) is 5.26 Å². The molecule has 1 heteroatoms. The topological polar surface area (TPSA) is 23.8 Å². The van der Waals surface area contributed by atoms with Crippen molar-refractivity contribution in [2.24, 2.45) is 0 Å². The number of nitriles is 1. The molecule has 0 fully saturated rings. The fourth-order valence-electron chi connectivity index (χ4n) is 0.898. The summed E-state index contributed by atoms with van der Waals surface area (Å²) in [5.41, 5.74) is 0.715. The quantitative estimate of drug-likeness (QED) is 0.612. The first-order valence-corrected chi connectivity index (χ1v) is 4.38. The molecule has 0 aromatic heterocycles. The summed E-state index contributed by atoms with van der Waals surface area (Å²) in [6, 6.07) is 23.2. The van der Waals surface area contributed by atoms with E-state index in [-0.39, 0.29) is 0 Å². The third-order valence-corrected chi connectivity index (χ3v) is 1.57. The number of hydrogen-bond donors (Lipinski definition) is 0. The van der Waals surface area contributed by atoms with Gasteiger partial charge in [-0.05, 0) is 12.1 Å². The largest absolute Gasteiger partial charge is 0.192 e. The van der Waals surface area contributed by atoms with Gasteiger partial charge in [-0.3, -0.25) is 0 Å². The molecule has 0 aliphatic carbocycles. The molecule has 0 atom stereocenters. The van der Waals surface area contributed by atoms with Crippen molar-refractivity contribution in [1.29, 1.82) is 5.26 Å². The van der Waals surface area contributed by atoms with Gasteiger partial charge < -0.3 is 0 Å². The molecule has 1 nitrogen and oxygen atoms in total. The van der Waals surface area contributed by atoms with Gasteiger partial charge in [0.15, 0.2) is 0 Å². The third kappa shape index (κ3) is 4.08. The van der Waals surface area contributed by atoms with E-state index >= 15 is 0 Å². The maximum atomic E-state index is 8.29. The zero-order valence-electron chi connectivity index (χ0n) is 7.80. The fourth-order valence-corrected chi connectivity index (χ4v) is 0.898. The van der Waals surface area contributed by atoms with Crippen molar-refractivity contribution in [1.82, 2.24) is 0 Å². The lowest BCUT2D eigenvalue weighted by molar-refractivity contribution is 1.49. The highest BCUT2D eigenvalue weighted by molar-refractivity contribution is 5.27. The Morgan fingerprint density at radius 1 is 0.643 bits per heavy atom. The molecule has 2 rings (SSSR count). The van der Waals surface area contributed by atoms with Crippen LogP contribution in [-0.2, 0) is 0 Å². The summed E-state index contributed by atoms with van der Waals surface area (Å²) in [6.45, 7) is 0. The minimum Gasteiger partial charge on any atom is -0.192 e. The Hall–Kier alpha value is -2.07. The van der Waals surface area contributed by atoms with Crippen LogP contribution < -0.4 is 0 Å². The SMILES string of the molecule is N#Cc1ccccc1.c1ccccc1. The lowest BCUT2D eigenvalue weighted by Gasteiger charge is -1.80. The lowest BCUT2D eigenvalue weighted by Crippen LogP contribution is -1.66. The van der Waals surface area contributed by atoms with E-state index in [9.17, 15) is 0 Å². The van der Waals surface area contributed by atoms with Gasteiger partial charge in [0.25, 0.3) is 0 Å². The molecule has 0 bridgehead atoms. The van der Waals surface area contributed by atoms with E-state index in [0.717, 1.165) is 0 Å². The molecule has 0 aliphatic heterocycles. The number of hydrogen-bond acceptors (Lipinski definition) is 1. The summed E-state index contributed by atoms with van der Waals surface area (Å²) in [7, 11) is 0. The molecule has 14 heavy (non-hydrogen) atoms. The standard InChI is InChI=1S/C7H5N.C6H6/c8-6-7-4-2-1-3-5-7;1-2-4-6-5-3-1/h1-5H;1-6H. The smallest absolute Gasteiger partial charge is 0.0991 e. The van der Waals surface area contributed by atoms with Crippen molar-refractivity contribution >= 4 is 0 Å². The van der Waals surface area contributed by atoms with Gasteiger partial charge in [-0.25, -0.2) is 0 Å². The van der Waals surface area contributed by atoms with Crippen molar-refractivity contribution in [2.75, 3.05) is 0 Å². The Bertz CT molecular complexity index is 346. The van der Waals surface area contributed by atoms with Crippen LogP contribution >= 0.6 is 0 Å². The van der Waals surface area contributed by atoms with Gasteiger partial charge >= 0.3 is 0 Å². The molecule has 0 saturated heterocycles. The average molecular weight is 181 g/mol. The lowest BCUT2D eigenvalue weighted by atomic mass is 10.2. The van der Waals surface area contributed by atoms with Gasteiger partial charge in [0.05, 0.1) is 11.6 Å². The van der Waals surface area contributed by atoms with E-state index < -0.39 is 0 Å². The van der Waals surface area contributed by atoms with Crippen LogP contribution in [0.1, 0.15) is 5.56 Å². The van der Waals surface area contributed by atoms with Crippen molar-refractivity contribution < 1.29 is 0 Å². The molecule has 2 aromatic carbocycles. The van der Waals surface area contributed by atoms with Crippen LogP contribution in [0.5, 0.6) is 0 Å². The third-order valence-electron chi connectivity index (χ3n) is 1.57. The minimum atomic E-state index is 0.715. The molecule has 68 valence electrons. The van der Waals surface area contributed by atoms with Gasteiger partial charge in [-0.15, -0.1) is 0 Å². The summed E-state index contributed by atoms with van der Waals surface area (Å²) in [6.07, 6.45) is 0. The molecule has 0 N–H and O–H groups in total. The van der Waals surface area contributed by atoms with Crippen LogP contribution in [0.15, 0.2) is 66.7 Å². The number of rotatable bonds is 0. The normalized spacial score (nSPS) is 7.93. The summed E-state index contributed by atoms with van der Waals surface area (Å²) in [5, 5.41) is 8.29. The molecule has 0 unspecified atom stereocenters. The highest BCUT2D eigenvalue weighted by atomic mass is 14.2. The van der Waals surface area contributed by atoms with E-state index in [2.05, 4.69) is 0 Å². The second kappa shape index (κ2) is 6.45. The Kier molecular flexibility index (Phi) is 4.61. The van der Waals surface area contributed by atoms with E-state index in [0.29, 0.717) is 5.56 Å². The predicted octanol–water partition coefficient (Wildman–Crippen LogP) is 3.24. The van der Waals surface area contributed by atoms with E-state index in [1.807, 2.05) is 60.7 Å². The maximum Gasteiger partial charge on any atom is 0.0991 e. The molecule has 0 aliphatic rings. The van der Waals surface area contributed by atoms with Crippen LogP contribution in [-0.4, -0.2) is 0 Å². The molecule has 2 aromatic rings. The molecule has 0 spiro atoms. The molecule has 0 amide bonds. The molecular weight excluding hydrogens is 170 g/mol. The van der Waals surface area contributed by atoms with E-state index in [1.165, 1.54) is 0 Å². The highest BCUT2D eigenvalue weighted by Crippen LogP contribution is 1.93. The minimum absolute atomic E-state index is 0.715. The molecule has 0 radical (unpaired) electrons. The Morgan fingerprint density at radius 2 is 1.00 bits per heavy atom. The zero-order chi connectivity index (χ0) is 10.1. The maximum absolute atomic E-state index is 8.29. The van der Waals surface area contributed by atoms with Gasteiger partial charge in [-0.1, -0.05) is 54.6 Å². The first-order valence-electron chi connectivity index (χ1n) is 4.38. The van der Waals surface area contributed by atoms with Crippen molar-refractivity contribution in [3.05, 3.63) is 72.3 Å². The highest BCUT2D eigenvalue weighted by Gasteiger charge is 1.79. The van der Waals surface area contributed by atoms with Crippen molar-refractivity contribution in [3.63, 3.8) is 0 Å². The van der Waals surface area contributed by atoms with Crippen LogP contribution in [0.3, 0.4) is 0 Å². The summed E-state index contributed by atoms with van der Waals surface area (Å²) >= 11 is 0. The Balaban J connectivity index is 0.000000146. The van der Waals surface area contributed by atoms with Crippen molar-refractivity contribution in [2.45, 2.75) is 0 Å². The molecule has 0 saturated carbocycles. The van der Waals surface area contributed by atoms with E-state index in [1.54, 1.807) is 12.1 Å². The Morgan fingerprint density at radius 3 is 1.29 bits per heavy atom. The predicted molar refractivity (Wildman–Crippen MR) is 57.6 cm³/mol. The van der Waals surface area contributed by atoms with E-state index in [4.69, 9.17) is 5.26 Å². The first kappa shape index (κ1) is 10.0. The summed E-state index contributed by atoms with van der Waals surface area (Å²) in [5.74, 6) is 0. The zero-order valence-corrected chi connectivity index (χ0v) is 7.80. The average Bonchev–Trinajstić information content (AvgIpc) is 2.33. The number of benzene rings is 2. The van der Waals surface area contributed by atoms with Crippen LogP contribution in [0.4, 0.5) is 0 Å². The van der Waals surface area contributed by atoms with Gasteiger partial charge in [0.2, 0.25) is 0 Å². The fraction of sp³-hybridized carbons (Fsp3) is 0. The van der Waals surface area contributed by atoms with Crippen LogP contribution in [0.2, 0.25) is 0 Å². The first-order chi connectivity index (χ1) is 6.93. The second-order valence-electron chi connectivity index (χ2n) is 2.63. The Labute approximate surface area is 84.3 Å². The monoisotopic (exact) mass is 181 g/mol. The second-order valence-corrected chi connectivity index (χ2v) is 2.63.